The fourth-order valence-corrected chi connectivity index (χ4v) is 1.88. The molecule has 0 atom stereocenters. The van der Waals surface area contributed by atoms with E-state index in [2.05, 4.69) is 4.98 Å². The third-order valence-corrected chi connectivity index (χ3v) is 3.13. The molecule has 1 aromatic heterocycles. The van der Waals surface area contributed by atoms with E-state index in [4.69, 9.17) is 10.2 Å². The van der Waals surface area contributed by atoms with Gasteiger partial charge >= 0.3 is 11.9 Å². The Hall–Kier alpha value is -1.43. The van der Waals surface area contributed by atoms with E-state index in [1.807, 2.05) is 20.8 Å². The summed E-state index contributed by atoms with van der Waals surface area (Å²) in [5.41, 5.74) is -0.722. The zero-order chi connectivity index (χ0) is 11.8. The molecule has 0 aliphatic carbocycles. The first-order chi connectivity index (χ1) is 6.73. The van der Waals surface area contributed by atoms with Crippen molar-refractivity contribution in [1.82, 2.24) is 4.98 Å². The molecule has 0 radical (unpaired) electrons. The molecule has 5 nitrogen and oxygen atoms in total. The zero-order valence-corrected chi connectivity index (χ0v) is 9.38. The highest BCUT2D eigenvalue weighted by Gasteiger charge is 2.27. The number of rotatable bonds is 2. The van der Waals surface area contributed by atoms with Crippen molar-refractivity contribution >= 4 is 23.3 Å². The van der Waals surface area contributed by atoms with Gasteiger partial charge in [-0.05, 0) is 0 Å². The third-order valence-electron chi connectivity index (χ3n) is 1.67. The SMILES string of the molecule is CC(C)(C)c1nc(C(=O)O)c(C(=O)O)s1. The molecule has 0 spiro atoms. The van der Waals surface area contributed by atoms with Crippen molar-refractivity contribution in [1.29, 1.82) is 0 Å². The molecule has 1 aromatic rings. The summed E-state index contributed by atoms with van der Waals surface area (Å²) in [7, 11) is 0. The Kier molecular flexibility index (Phi) is 2.81. The fraction of sp³-hybridized carbons (Fsp3) is 0.444. The largest absolute Gasteiger partial charge is 0.477 e. The molecule has 0 aliphatic heterocycles. The average Bonchev–Trinajstić information content (AvgIpc) is 2.45. The Bertz CT molecular complexity index is 385. The van der Waals surface area contributed by atoms with Gasteiger partial charge in [-0.25, -0.2) is 14.6 Å². The van der Waals surface area contributed by atoms with E-state index >= 15 is 0 Å². The van der Waals surface area contributed by atoms with Crippen LogP contribution >= 0.6 is 11.3 Å². The Morgan fingerprint density at radius 2 is 1.73 bits per heavy atom. The molecular formula is C9H11NO4S. The number of carboxylic acids is 2. The van der Waals surface area contributed by atoms with Crippen molar-refractivity contribution in [2.45, 2.75) is 26.2 Å². The molecule has 0 unspecified atom stereocenters. The molecule has 0 aliphatic rings. The van der Waals surface area contributed by atoms with Gasteiger partial charge in [-0.3, -0.25) is 0 Å². The van der Waals surface area contributed by atoms with Gasteiger partial charge in [0.05, 0.1) is 5.01 Å². The number of thiazole rings is 1. The van der Waals surface area contributed by atoms with E-state index in [1.165, 1.54) is 0 Å². The van der Waals surface area contributed by atoms with Crippen molar-refractivity contribution in [2.75, 3.05) is 0 Å². The van der Waals surface area contributed by atoms with Crippen LogP contribution in [-0.2, 0) is 5.41 Å². The number of nitrogens with zero attached hydrogens (tertiary/aromatic N) is 1. The fourth-order valence-electron chi connectivity index (χ4n) is 0.931. The molecule has 2 N–H and O–H groups in total. The normalized spacial score (nSPS) is 11.4. The minimum Gasteiger partial charge on any atom is -0.477 e. The van der Waals surface area contributed by atoms with Crippen LogP contribution in [0.3, 0.4) is 0 Å². The molecule has 0 saturated heterocycles. The number of aromatic nitrogens is 1. The second kappa shape index (κ2) is 3.62. The lowest BCUT2D eigenvalue weighted by atomic mass is 9.98. The van der Waals surface area contributed by atoms with E-state index in [9.17, 15) is 9.59 Å². The monoisotopic (exact) mass is 229 g/mol. The molecule has 0 bridgehead atoms. The Labute approximate surface area is 90.4 Å². The lowest BCUT2D eigenvalue weighted by Crippen LogP contribution is -2.11. The lowest BCUT2D eigenvalue weighted by Gasteiger charge is -2.13. The Morgan fingerprint density at radius 3 is 2.00 bits per heavy atom. The Morgan fingerprint density at radius 1 is 1.20 bits per heavy atom. The average molecular weight is 229 g/mol. The maximum absolute atomic E-state index is 10.8. The van der Waals surface area contributed by atoms with Crippen LogP contribution in [0.2, 0.25) is 0 Å². The highest BCUT2D eigenvalue weighted by atomic mass is 32.1. The minimum atomic E-state index is -1.31. The standard InChI is InChI=1S/C9H11NO4S/c1-9(2,3)8-10-4(6(11)12)5(15-8)7(13)14/h1-3H3,(H,11,12)(H,13,14). The van der Waals surface area contributed by atoms with Crippen LogP contribution in [0.15, 0.2) is 0 Å². The van der Waals surface area contributed by atoms with Crippen LogP contribution in [-0.4, -0.2) is 27.1 Å². The molecule has 15 heavy (non-hydrogen) atoms. The van der Waals surface area contributed by atoms with E-state index < -0.39 is 11.9 Å². The first-order valence-corrected chi connectivity index (χ1v) is 5.03. The van der Waals surface area contributed by atoms with E-state index in [0.717, 1.165) is 11.3 Å². The molecule has 1 heterocycles. The zero-order valence-electron chi connectivity index (χ0n) is 8.57. The molecular weight excluding hydrogens is 218 g/mol. The summed E-state index contributed by atoms with van der Waals surface area (Å²) in [5, 5.41) is 18.1. The summed E-state index contributed by atoms with van der Waals surface area (Å²) >= 11 is 0.911. The van der Waals surface area contributed by atoms with Crippen LogP contribution in [0.5, 0.6) is 0 Å². The summed E-state index contributed by atoms with van der Waals surface area (Å²) in [5.74, 6) is -2.56. The third kappa shape index (κ3) is 2.33. The maximum atomic E-state index is 10.8. The van der Waals surface area contributed by atoms with Gasteiger partial charge < -0.3 is 10.2 Å². The molecule has 82 valence electrons. The highest BCUT2D eigenvalue weighted by Crippen LogP contribution is 2.29. The molecule has 0 fully saturated rings. The van der Waals surface area contributed by atoms with Crippen molar-refractivity contribution in [3.63, 3.8) is 0 Å². The summed E-state index contributed by atoms with van der Waals surface area (Å²) in [6, 6.07) is 0. The predicted octanol–water partition coefficient (Wildman–Crippen LogP) is 1.84. The summed E-state index contributed by atoms with van der Waals surface area (Å²) in [6.45, 7) is 5.55. The van der Waals surface area contributed by atoms with Gasteiger partial charge in [-0.1, -0.05) is 20.8 Å². The smallest absolute Gasteiger partial charge is 0.356 e. The number of aromatic carboxylic acids is 2. The van der Waals surface area contributed by atoms with Crippen molar-refractivity contribution in [2.24, 2.45) is 0 Å². The van der Waals surface area contributed by atoms with Gasteiger partial charge in [0.2, 0.25) is 0 Å². The second-order valence-electron chi connectivity index (χ2n) is 4.06. The molecule has 1 rings (SSSR count). The molecule has 6 heteroatoms. The van der Waals surface area contributed by atoms with E-state index in [1.54, 1.807) is 0 Å². The maximum Gasteiger partial charge on any atom is 0.356 e. The summed E-state index contributed by atoms with van der Waals surface area (Å²) in [6.07, 6.45) is 0. The highest BCUT2D eigenvalue weighted by molar-refractivity contribution is 7.14. The number of hydrogen-bond acceptors (Lipinski definition) is 4. The molecule has 0 saturated carbocycles. The van der Waals surface area contributed by atoms with Crippen LogP contribution in [0, 0.1) is 0 Å². The van der Waals surface area contributed by atoms with Gasteiger partial charge in [0.25, 0.3) is 0 Å². The second-order valence-corrected chi connectivity index (χ2v) is 5.06. The van der Waals surface area contributed by atoms with Crippen molar-refractivity contribution < 1.29 is 19.8 Å². The van der Waals surface area contributed by atoms with Crippen LogP contribution < -0.4 is 0 Å². The van der Waals surface area contributed by atoms with Gasteiger partial charge in [0, 0.05) is 5.41 Å². The summed E-state index contributed by atoms with van der Waals surface area (Å²) in [4.78, 5) is 25.1. The summed E-state index contributed by atoms with van der Waals surface area (Å²) < 4.78 is 0. The molecule has 0 amide bonds. The van der Waals surface area contributed by atoms with Crippen LogP contribution in [0.4, 0.5) is 0 Å². The number of hydrogen-bond donors (Lipinski definition) is 2. The van der Waals surface area contributed by atoms with Crippen molar-refractivity contribution in [3.8, 4) is 0 Å². The first kappa shape index (κ1) is 11.6. The van der Waals surface area contributed by atoms with Gasteiger partial charge in [-0.15, -0.1) is 11.3 Å². The van der Waals surface area contributed by atoms with Crippen LogP contribution in [0.1, 0.15) is 45.9 Å². The number of carboxylic acid groups (broad SMARTS) is 2. The first-order valence-electron chi connectivity index (χ1n) is 4.21. The van der Waals surface area contributed by atoms with E-state index in [-0.39, 0.29) is 16.0 Å². The lowest BCUT2D eigenvalue weighted by molar-refractivity contribution is 0.0651. The van der Waals surface area contributed by atoms with Crippen molar-refractivity contribution in [3.05, 3.63) is 15.6 Å². The predicted molar refractivity (Wildman–Crippen MR) is 54.7 cm³/mol. The topological polar surface area (TPSA) is 87.5 Å². The quantitative estimate of drug-likeness (QED) is 0.807. The van der Waals surface area contributed by atoms with E-state index in [0.29, 0.717) is 5.01 Å². The van der Waals surface area contributed by atoms with Gasteiger partial charge in [0.15, 0.2) is 5.69 Å². The number of carbonyl (C=O) groups is 2. The Balaban J connectivity index is 3.34. The van der Waals surface area contributed by atoms with Crippen LogP contribution in [0.25, 0.3) is 0 Å². The molecule has 0 aromatic carbocycles. The van der Waals surface area contributed by atoms with Gasteiger partial charge in [0.1, 0.15) is 4.88 Å². The minimum absolute atomic E-state index is 0.215. The van der Waals surface area contributed by atoms with Gasteiger partial charge in [-0.2, -0.15) is 0 Å².